The molecular formula is C22H25N3O3. The molecule has 1 heterocycles. The van der Waals surface area contributed by atoms with E-state index in [0.717, 1.165) is 30.2 Å². The van der Waals surface area contributed by atoms with Crippen LogP contribution in [0.25, 0.3) is 10.9 Å². The Morgan fingerprint density at radius 1 is 0.964 bits per heavy atom. The molecule has 0 saturated heterocycles. The summed E-state index contributed by atoms with van der Waals surface area (Å²) in [4.78, 5) is 24.7. The summed E-state index contributed by atoms with van der Waals surface area (Å²) in [5, 5.41) is 1.06. The third-order valence-electron chi connectivity index (χ3n) is 4.45. The normalized spacial score (nSPS) is 10.6. The van der Waals surface area contributed by atoms with Crippen molar-refractivity contribution in [3.8, 4) is 5.75 Å². The molecule has 3 aromatic rings. The van der Waals surface area contributed by atoms with Crippen molar-refractivity contribution in [1.29, 1.82) is 0 Å². The number of benzene rings is 2. The van der Waals surface area contributed by atoms with Crippen LogP contribution >= 0.6 is 0 Å². The van der Waals surface area contributed by atoms with Gasteiger partial charge in [0.15, 0.2) is 0 Å². The van der Waals surface area contributed by atoms with Gasteiger partial charge in [-0.3, -0.25) is 20.4 Å². The lowest BCUT2D eigenvalue weighted by atomic mass is 10.2. The molecular weight excluding hydrogens is 354 g/mol. The Kier molecular flexibility index (Phi) is 6.68. The summed E-state index contributed by atoms with van der Waals surface area (Å²) in [6, 6.07) is 16.8. The maximum Gasteiger partial charge on any atom is 0.273 e. The van der Waals surface area contributed by atoms with Crippen LogP contribution in [0.15, 0.2) is 60.8 Å². The topological polar surface area (TPSA) is 72.4 Å². The second-order valence-electron chi connectivity index (χ2n) is 6.56. The van der Waals surface area contributed by atoms with Crippen LogP contribution in [0.2, 0.25) is 0 Å². The average molecular weight is 379 g/mol. The van der Waals surface area contributed by atoms with Crippen molar-refractivity contribution in [2.75, 3.05) is 6.61 Å². The molecule has 0 bridgehead atoms. The van der Waals surface area contributed by atoms with Crippen molar-refractivity contribution < 1.29 is 14.3 Å². The molecule has 2 amide bonds. The number of fused-ring (bicyclic) bond motifs is 1. The highest BCUT2D eigenvalue weighted by Gasteiger charge is 2.13. The van der Waals surface area contributed by atoms with Crippen LogP contribution in [0.5, 0.6) is 5.75 Å². The predicted molar refractivity (Wildman–Crippen MR) is 109 cm³/mol. The minimum absolute atomic E-state index is 0.114. The molecule has 0 aliphatic carbocycles. The number of aromatic nitrogens is 1. The largest absolute Gasteiger partial charge is 0.493 e. The third-order valence-corrected chi connectivity index (χ3v) is 4.45. The van der Waals surface area contributed by atoms with E-state index in [1.807, 2.05) is 47.2 Å². The van der Waals surface area contributed by atoms with Crippen LogP contribution in [0, 0.1) is 0 Å². The van der Waals surface area contributed by atoms with E-state index in [-0.39, 0.29) is 12.5 Å². The highest BCUT2D eigenvalue weighted by Crippen LogP contribution is 2.18. The summed E-state index contributed by atoms with van der Waals surface area (Å²) in [6.07, 6.45) is 4.98. The van der Waals surface area contributed by atoms with Gasteiger partial charge in [-0.25, -0.2) is 0 Å². The molecule has 0 unspecified atom stereocenters. The van der Waals surface area contributed by atoms with E-state index in [1.165, 1.54) is 0 Å². The van der Waals surface area contributed by atoms with Gasteiger partial charge in [-0.2, -0.15) is 0 Å². The van der Waals surface area contributed by atoms with Crippen molar-refractivity contribution in [2.45, 2.75) is 32.7 Å². The van der Waals surface area contributed by atoms with Gasteiger partial charge < -0.3 is 9.30 Å². The summed E-state index contributed by atoms with van der Waals surface area (Å²) < 4.78 is 7.56. The Morgan fingerprint density at radius 3 is 2.61 bits per heavy atom. The number of amides is 2. The molecule has 0 aliphatic heterocycles. The van der Waals surface area contributed by atoms with E-state index < -0.39 is 5.91 Å². The maximum atomic E-state index is 12.5. The van der Waals surface area contributed by atoms with E-state index in [9.17, 15) is 9.59 Å². The third kappa shape index (κ3) is 4.91. The molecule has 1 aromatic heterocycles. The fraction of sp³-hybridized carbons (Fsp3) is 0.273. The maximum absolute atomic E-state index is 12.5. The first-order chi connectivity index (χ1) is 13.7. The van der Waals surface area contributed by atoms with E-state index >= 15 is 0 Å². The van der Waals surface area contributed by atoms with Gasteiger partial charge in [0.2, 0.25) is 0 Å². The fourth-order valence-corrected chi connectivity index (χ4v) is 2.98. The molecule has 0 aliphatic rings. The van der Waals surface area contributed by atoms with Gasteiger partial charge in [0, 0.05) is 11.7 Å². The van der Waals surface area contributed by atoms with Gasteiger partial charge in [0.25, 0.3) is 11.8 Å². The van der Waals surface area contributed by atoms with Crippen LogP contribution in [0.4, 0.5) is 0 Å². The highest BCUT2D eigenvalue weighted by molar-refractivity contribution is 5.97. The predicted octanol–water partition coefficient (Wildman–Crippen LogP) is 3.67. The number of nitrogens with one attached hydrogen (secondary N) is 2. The molecule has 6 heteroatoms. The van der Waals surface area contributed by atoms with Crippen LogP contribution < -0.4 is 15.6 Å². The van der Waals surface area contributed by atoms with E-state index in [0.29, 0.717) is 17.9 Å². The number of para-hydroxylation sites is 2. The number of carbonyl (C=O) groups is 2. The van der Waals surface area contributed by atoms with Crippen molar-refractivity contribution in [2.24, 2.45) is 0 Å². The minimum atomic E-state index is -0.406. The van der Waals surface area contributed by atoms with Crippen molar-refractivity contribution >= 4 is 22.7 Å². The number of hydrazine groups is 1. The van der Waals surface area contributed by atoms with E-state index in [4.69, 9.17) is 4.74 Å². The van der Waals surface area contributed by atoms with E-state index in [1.54, 1.807) is 18.2 Å². The molecule has 6 nitrogen and oxygen atoms in total. The van der Waals surface area contributed by atoms with Gasteiger partial charge in [-0.05, 0) is 36.1 Å². The van der Waals surface area contributed by atoms with Gasteiger partial charge >= 0.3 is 0 Å². The Balaban J connectivity index is 1.56. The zero-order valence-electron chi connectivity index (χ0n) is 16.0. The number of hydrogen-bond donors (Lipinski definition) is 2. The Bertz CT molecular complexity index is 949. The molecule has 2 aromatic carbocycles. The fourth-order valence-electron chi connectivity index (χ4n) is 2.98. The molecule has 0 saturated carbocycles. The lowest BCUT2D eigenvalue weighted by Crippen LogP contribution is -2.43. The van der Waals surface area contributed by atoms with Crippen molar-refractivity contribution in [3.63, 3.8) is 0 Å². The van der Waals surface area contributed by atoms with Crippen LogP contribution in [0.3, 0.4) is 0 Å². The molecule has 3 rings (SSSR count). The molecule has 0 fully saturated rings. The first kappa shape index (κ1) is 19.5. The first-order valence-electron chi connectivity index (χ1n) is 9.54. The van der Waals surface area contributed by atoms with Crippen molar-refractivity contribution in [1.82, 2.24) is 15.4 Å². The molecule has 0 radical (unpaired) electrons. The van der Waals surface area contributed by atoms with Gasteiger partial charge in [0.05, 0.1) is 12.2 Å². The van der Waals surface area contributed by atoms with Gasteiger partial charge in [-0.1, -0.05) is 50.1 Å². The second kappa shape index (κ2) is 9.60. The Hall–Kier alpha value is -3.28. The Labute approximate surface area is 164 Å². The standard InChI is InChI=1S/C22H25N3O3/c1-2-3-8-15-28-20-12-7-5-10-18(20)22(27)24-23-21(26)16-25-14-13-17-9-4-6-11-19(17)25/h4-7,9-14H,2-3,8,15-16H2,1H3,(H,23,26)(H,24,27). The number of hydrogen-bond acceptors (Lipinski definition) is 3. The van der Waals surface area contributed by atoms with Crippen LogP contribution in [0.1, 0.15) is 36.5 Å². The molecule has 28 heavy (non-hydrogen) atoms. The summed E-state index contributed by atoms with van der Waals surface area (Å²) in [7, 11) is 0. The van der Waals surface area contributed by atoms with Crippen LogP contribution in [-0.2, 0) is 11.3 Å². The number of rotatable bonds is 8. The van der Waals surface area contributed by atoms with Crippen molar-refractivity contribution in [3.05, 3.63) is 66.4 Å². The minimum Gasteiger partial charge on any atom is -0.493 e. The zero-order chi connectivity index (χ0) is 19.8. The highest BCUT2D eigenvalue weighted by atomic mass is 16.5. The monoisotopic (exact) mass is 379 g/mol. The molecule has 0 spiro atoms. The average Bonchev–Trinajstić information content (AvgIpc) is 3.12. The summed E-state index contributed by atoms with van der Waals surface area (Å²) >= 11 is 0. The number of nitrogens with zero attached hydrogens (tertiary/aromatic N) is 1. The summed E-state index contributed by atoms with van der Waals surface area (Å²) in [5.74, 6) is -0.199. The molecule has 0 atom stereocenters. The Morgan fingerprint density at radius 2 is 1.75 bits per heavy atom. The zero-order valence-corrected chi connectivity index (χ0v) is 16.0. The smallest absolute Gasteiger partial charge is 0.273 e. The van der Waals surface area contributed by atoms with Gasteiger partial charge in [-0.15, -0.1) is 0 Å². The quantitative estimate of drug-likeness (QED) is 0.463. The SMILES string of the molecule is CCCCCOc1ccccc1C(=O)NNC(=O)Cn1ccc2ccccc21. The number of carbonyl (C=O) groups excluding carboxylic acids is 2. The number of ether oxygens (including phenoxy) is 1. The van der Waals surface area contributed by atoms with E-state index in [2.05, 4.69) is 17.8 Å². The lowest BCUT2D eigenvalue weighted by Gasteiger charge is -2.12. The lowest BCUT2D eigenvalue weighted by molar-refractivity contribution is -0.122. The summed E-state index contributed by atoms with van der Waals surface area (Å²) in [6.45, 7) is 2.80. The van der Waals surface area contributed by atoms with Crippen LogP contribution in [-0.4, -0.2) is 23.0 Å². The molecule has 2 N–H and O–H groups in total. The van der Waals surface area contributed by atoms with Gasteiger partial charge in [0.1, 0.15) is 12.3 Å². The molecule has 146 valence electrons. The first-order valence-corrected chi connectivity index (χ1v) is 9.54. The summed E-state index contributed by atoms with van der Waals surface area (Å²) in [5.41, 5.74) is 6.30. The second-order valence-corrected chi connectivity index (χ2v) is 6.56. The number of unbranched alkanes of at least 4 members (excludes halogenated alkanes) is 2.